The molecular formula is C27H29N3O. The van der Waals surface area contributed by atoms with E-state index < -0.39 is 0 Å². The third kappa shape index (κ3) is 5.32. The molecule has 0 saturated carbocycles. The molecule has 0 bridgehead atoms. The first-order valence-electron chi connectivity index (χ1n) is 10.7. The highest BCUT2D eigenvalue weighted by molar-refractivity contribution is 6.06. The molecule has 1 aliphatic heterocycles. The summed E-state index contributed by atoms with van der Waals surface area (Å²) in [5.74, 6) is -0.234. The molecule has 4 nitrogen and oxygen atoms in total. The van der Waals surface area contributed by atoms with Gasteiger partial charge in [0.1, 0.15) is 6.07 Å². The fourth-order valence-electron chi connectivity index (χ4n) is 3.90. The minimum Gasteiger partial charge on any atom is -0.372 e. The monoisotopic (exact) mass is 411 g/mol. The number of rotatable bonds is 6. The average Bonchev–Trinajstić information content (AvgIpc) is 2.81. The van der Waals surface area contributed by atoms with Gasteiger partial charge < -0.3 is 10.2 Å². The fraction of sp³-hybridized carbons (Fsp3) is 0.259. The number of carbonyl (C=O) groups is 1. The lowest BCUT2D eigenvalue weighted by molar-refractivity contribution is -0.112. The van der Waals surface area contributed by atoms with Crippen LogP contribution in [-0.2, 0) is 4.79 Å². The second-order valence-corrected chi connectivity index (χ2v) is 7.71. The second-order valence-electron chi connectivity index (χ2n) is 7.71. The first-order valence-corrected chi connectivity index (χ1v) is 10.7. The zero-order valence-electron chi connectivity index (χ0n) is 18.3. The normalized spacial score (nSPS) is 14.7. The summed E-state index contributed by atoms with van der Waals surface area (Å²) in [6.07, 6.45) is 9.03. The Morgan fingerprint density at radius 1 is 1.16 bits per heavy atom. The Labute approximate surface area is 185 Å². The third-order valence-corrected chi connectivity index (χ3v) is 5.62. The summed E-state index contributed by atoms with van der Waals surface area (Å²) < 4.78 is 0. The van der Waals surface area contributed by atoms with Gasteiger partial charge in [0.2, 0.25) is 0 Å². The molecule has 1 aliphatic rings. The van der Waals surface area contributed by atoms with Crippen LogP contribution in [0.15, 0.2) is 78.5 Å². The van der Waals surface area contributed by atoms with Gasteiger partial charge in [-0.2, -0.15) is 5.26 Å². The number of allylic oxidation sites excluding steroid dienone is 2. The summed E-state index contributed by atoms with van der Waals surface area (Å²) in [6.45, 7) is 9.73. The van der Waals surface area contributed by atoms with E-state index in [1.54, 1.807) is 6.08 Å². The average molecular weight is 412 g/mol. The van der Waals surface area contributed by atoms with Crippen LogP contribution in [0.2, 0.25) is 0 Å². The molecule has 3 rings (SSSR count). The minimum absolute atomic E-state index is 0.234. The predicted octanol–water partition coefficient (Wildman–Crippen LogP) is 5.97. The van der Waals surface area contributed by atoms with Crippen LogP contribution in [0.25, 0.3) is 11.1 Å². The van der Waals surface area contributed by atoms with E-state index in [-0.39, 0.29) is 5.91 Å². The van der Waals surface area contributed by atoms with Crippen LogP contribution in [-0.4, -0.2) is 23.9 Å². The number of nitrogens with zero attached hydrogens (tertiary/aromatic N) is 2. The molecule has 0 spiro atoms. The molecule has 31 heavy (non-hydrogen) atoms. The van der Waals surface area contributed by atoms with Gasteiger partial charge in [0.15, 0.2) is 0 Å². The SMILES string of the molecule is C=C/C(=C\C(=C/C)C(=O)Nc1cc(C)c(-c2ccccc2)cc1C#N)N1CCCCC1. The Morgan fingerprint density at radius 2 is 1.87 bits per heavy atom. The van der Waals surface area contributed by atoms with Gasteiger partial charge in [0.25, 0.3) is 5.91 Å². The summed E-state index contributed by atoms with van der Waals surface area (Å²) in [5.41, 5.74) is 5.50. The second kappa shape index (κ2) is 10.4. The number of benzene rings is 2. The quantitative estimate of drug-likeness (QED) is 0.470. The molecule has 1 heterocycles. The van der Waals surface area contributed by atoms with Gasteiger partial charge in [-0.15, -0.1) is 0 Å². The first kappa shape index (κ1) is 22.1. The van der Waals surface area contributed by atoms with Crippen molar-refractivity contribution in [2.24, 2.45) is 0 Å². The van der Waals surface area contributed by atoms with Gasteiger partial charge in [-0.05, 0) is 74.1 Å². The zero-order valence-corrected chi connectivity index (χ0v) is 18.3. The lowest BCUT2D eigenvalue weighted by Gasteiger charge is -2.29. The number of hydrogen-bond acceptors (Lipinski definition) is 3. The number of hydrogen-bond donors (Lipinski definition) is 1. The van der Waals surface area contributed by atoms with Crippen LogP contribution in [0.3, 0.4) is 0 Å². The topological polar surface area (TPSA) is 56.1 Å². The molecule has 2 aromatic carbocycles. The summed E-state index contributed by atoms with van der Waals surface area (Å²) in [6, 6.07) is 15.9. The number of likely N-dealkylation sites (tertiary alicyclic amines) is 1. The molecule has 1 fully saturated rings. The zero-order chi connectivity index (χ0) is 22.2. The summed E-state index contributed by atoms with van der Waals surface area (Å²) in [5, 5.41) is 12.6. The van der Waals surface area contributed by atoms with Crippen LogP contribution in [0, 0.1) is 18.3 Å². The van der Waals surface area contributed by atoms with E-state index >= 15 is 0 Å². The van der Waals surface area contributed by atoms with Crippen molar-refractivity contribution in [2.45, 2.75) is 33.1 Å². The summed E-state index contributed by atoms with van der Waals surface area (Å²) >= 11 is 0. The minimum atomic E-state index is -0.234. The lowest BCUT2D eigenvalue weighted by Crippen LogP contribution is -2.28. The number of anilines is 1. The Morgan fingerprint density at radius 3 is 2.48 bits per heavy atom. The van der Waals surface area contributed by atoms with Crippen molar-refractivity contribution in [1.82, 2.24) is 4.90 Å². The van der Waals surface area contributed by atoms with E-state index in [0.717, 1.165) is 48.3 Å². The Kier molecular flexibility index (Phi) is 7.45. The highest BCUT2D eigenvalue weighted by Gasteiger charge is 2.16. The van der Waals surface area contributed by atoms with Crippen molar-refractivity contribution in [1.29, 1.82) is 5.26 Å². The standard InChI is InChI=1S/C27H29N3O/c1-4-21(17-24(5-2)30-14-10-7-11-15-30)27(31)29-26-16-20(3)25(18-23(26)19-28)22-12-8-6-9-13-22/h4-6,8-9,12-13,16-18H,2,7,10-11,14-15H2,1,3H3,(H,29,31)/b21-4+,24-17+. The van der Waals surface area contributed by atoms with Crippen LogP contribution >= 0.6 is 0 Å². The van der Waals surface area contributed by atoms with E-state index in [0.29, 0.717) is 16.8 Å². The lowest BCUT2D eigenvalue weighted by atomic mass is 9.97. The van der Waals surface area contributed by atoms with Crippen LogP contribution in [0.4, 0.5) is 5.69 Å². The van der Waals surface area contributed by atoms with Gasteiger partial charge in [0.05, 0.1) is 11.3 Å². The molecule has 158 valence electrons. The maximum atomic E-state index is 13.0. The van der Waals surface area contributed by atoms with Crippen LogP contribution in [0.1, 0.15) is 37.3 Å². The Bertz CT molecular complexity index is 1050. The first-order chi connectivity index (χ1) is 15.1. The maximum Gasteiger partial charge on any atom is 0.255 e. The molecule has 2 aromatic rings. The van der Waals surface area contributed by atoms with Gasteiger partial charge in [-0.25, -0.2) is 0 Å². The van der Waals surface area contributed by atoms with Gasteiger partial charge in [-0.1, -0.05) is 43.0 Å². The van der Waals surface area contributed by atoms with E-state index in [4.69, 9.17) is 0 Å². The highest BCUT2D eigenvalue weighted by Crippen LogP contribution is 2.29. The van der Waals surface area contributed by atoms with Gasteiger partial charge in [0, 0.05) is 24.4 Å². The molecule has 0 aromatic heterocycles. The number of amides is 1. The largest absolute Gasteiger partial charge is 0.372 e. The molecule has 1 saturated heterocycles. The molecule has 1 N–H and O–H groups in total. The summed E-state index contributed by atoms with van der Waals surface area (Å²) in [4.78, 5) is 15.3. The summed E-state index contributed by atoms with van der Waals surface area (Å²) in [7, 11) is 0. The van der Waals surface area contributed by atoms with E-state index in [1.807, 2.05) is 68.5 Å². The Balaban J connectivity index is 1.86. The molecule has 0 radical (unpaired) electrons. The molecular weight excluding hydrogens is 382 g/mol. The number of carbonyl (C=O) groups excluding carboxylic acids is 1. The van der Waals surface area contributed by atoms with Gasteiger partial charge in [-0.3, -0.25) is 4.79 Å². The third-order valence-electron chi connectivity index (χ3n) is 5.62. The van der Waals surface area contributed by atoms with Crippen LogP contribution < -0.4 is 5.32 Å². The Hall–Kier alpha value is -3.58. The van der Waals surface area contributed by atoms with E-state index in [1.165, 1.54) is 6.42 Å². The van der Waals surface area contributed by atoms with Crippen molar-refractivity contribution < 1.29 is 4.79 Å². The molecule has 0 unspecified atom stereocenters. The van der Waals surface area contributed by atoms with E-state index in [9.17, 15) is 10.1 Å². The van der Waals surface area contributed by atoms with Crippen molar-refractivity contribution in [3.8, 4) is 17.2 Å². The molecule has 1 amide bonds. The smallest absolute Gasteiger partial charge is 0.255 e. The van der Waals surface area contributed by atoms with Crippen molar-refractivity contribution >= 4 is 11.6 Å². The number of nitriles is 1. The maximum absolute atomic E-state index is 13.0. The van der Waals surface area contributed by atoms with Crippen LogP contribution in [0.5, 0.6) is 0 Å². The molecule has 4 heteroatoms. The fourth-order valence-corrected chi connectivity index (χ4v) is 3.90. The molecule has 0 atom stereocenters. The van der Waals surface area contributed by atoms with Crippen molar-refractivity contribution in [3.63, 3.8) is 0 Å². The number of piperidine rings is 1. The highest BCUT2D eigenvalue weighted by atomic mass is 16.1. The van der Waals surface area contributed by atoms with Crippen molar-refractivity contribution in [3.05, 3.63) is 89.7 Å². The van der Waals surface area contributed by atoms with E-state index in [2.05, 4.69) is 22.9 Å². The molecule has 0 aliphatic carbocycles. The number of nitrogens with one attached hydrogen (secondary N) is 1. The predicted molar refractivity (Wildman–Crippen MR) is 127 cm³/mol. The number of aryl methyl sites for hydroxylation is 1. The van der Waals surface area contributed by atoms with Gasteiger partial charge >= 0.3 is 0 Å². The van der Waals surface area contributed by atoms with Crippen molar-refractivity contribution in [2.75, 3.05) is 18.4 Å².